The van der Waals surface area contributed by atoms with E-state index in [9.17, 15) is 14.7 Å². The smallest absolute Gasteiger partial charge is 0.321 e. The van der Waals surface area contributed by atoms with Gasteiger partial charge in [0.05, 0.1) is 5.02 Å². The molecule has 1 unspecified atom stereocenters. The number of rotatable bonds is 3. The molecule has 0 aromatic heterocycles. The Hall–Kier alpha value is -1.96. The Bertz CT molecular complexity index is 1090. The van der Waals surface area contributed by atoms with E-state index in [1.807, 2.05) is 32.9 Å². The number of amides is 1. The molecule has 2 heterocycles. The summed E-state index contributed by atoms with van der Waals surface area (Å²) in [6.45, 7) is 6.09. The Balaban J connectivity index is 2.04. The minimum atomic E-state index is -1.31. The van der Waals surface area contributed by atoms with E-state index in [1.54, 1.807) is 12.1 Å². The van der Waals surface area contributed by atoms with Gasteiger partial charge in [-0.3, -0.25) is 14.9 Å². The summed E-state index contributed by atoms with van der Waals surface area (Å²) in [5, 5.41) is 16.1. The van der Waals surface area contributed by atoms with Crippen molar-refractivity contribution in [2.45, 2.75) is 50.6 Å². The van der Waals surface area contributed by atoms with Crippen molar-refractivity contribution in [2.24, 2.45) is 5.41 Å². The molecule has 1 fully saturated rings. The zero-order valence-electron chi connectivity index (χ0n) is 17.3. The van der Waals surface area contributed by atoms with Crippen LogP contribution in [0.1, 0.15) is 44.2 Å². The zero-order valence-corrected chi connectivity index (χ0v) is 19.6. The van der Waals surface area contributed by atoms with Crippen molar-refractivity contribution < 1.29 is 19.1 Å². The maximum absolute atomic E-state index is 15.3. The van der Waals surface area contributed by atoms with E-state index >= 15 is 4.39 Å². The van der Waals surface area contributed by atoms with Crippen LogP contribution in [0.25, 0.3) is 0 Å². The third-order valence-electron chi connectivity index (χ3n) is 6.20. The Morgan fingerprint density at radius 2 is 2.00 bits per heavy atom. The SMILES string of the molecule is CC(C)(C)C[C@@H]1N[C@@H](C(=O)O)[C@H](c2cccc(Cl)c2F)C12C(=O)Nc1cc(Br)ccc12. The predicted molar refractivity (Wildman–Crippen MR) is 121 cm³/mol. The van der Waals surface area contributed by atoms with Crippen molar-refractivity contribution in [3.8, 4) is 0 Å². The molecule has 0 radical (unpaired) electrons. The summed E-state index contributed by atoms with van der Waals surface area (Å²) in [4.78, 5) is 26.0. The van der Waals surface area contributed by atoms with Gasteiger partial charge in [0, 0.05) is 22.1 Å². The van der Waals surface area contributed by atoms with E-state index in [-0.39, 0.29) is 21.9 Å². The number of carbonyl (C=O) groups excluding carboxylic acids is 1. The number of benzene rings is 2. The number of carboxylic acid groups (broad SMARTS) is 1. The lowest BCUT2D eigenvalue weighted by molar-refractivity contribution is -0.139. The molecule has 31 heavy (non-hydrogen) atoms. The molecular weight excluding hydrogens is 487 g/mol. The number of carbonyl (C=O) groups is 2. The van der Waals surface area contributed by atoms with Gasteiger partial charge in [-0.2, -0.15) is 0 Å². The first-order chi connectivity index (χ1) is 14.5. The average Bonchev–Trinajstić information content (AvgIpc) is 3.12. The fourth-order valence-corrected chi connectivity index (χ4v) is 5.68. The van der Waals surface area contributed by atoms with Gasteiger partial charge in [0.15, 0.2) is 0 Å². The third-order valence-corrected chi connectivity index (χ3v) is 6.99. The highest BCUT2D eigenvalue weighted by molar-refractivity contribution is 9.10. The molecular formula is C23H23BrClFN2O3. The van der Waals surface area contributed by atoms with E-state index in [2.05, 4.69) is 26.6 Å². The highest BCUT2D eigenvalue weighted by Crippen LogP contribution is 2.57. The van der Waals surface area contributed by atoms with Gasteiger partial charge in [-0.05, 0) is 41.2 Å². The molecule has 5 nitrogen and oxygen atoms in total. The highest BCUT2D eigenvalue weighted by Gasteiger charge is 2.66. The lowest BCUT2D eigenvalue weighted by Gasteiger charge is -2.37. The molecule has 2 aromatic carbocycles. The van der Waals surface area contributed by atoms with Crippen LogP contribution in [0.4, 0.5) is 10.1 Å². The molecule has 0 saturated carbocycles. The number of anilines is 1. The second kappa shape index (κ2) is 7.57. The zero-order chi connectivity index (χ0) is 22.7. The molecule has 0 bridgehead atoms. The van der Waals surface area contributed by atoms with Gasteiger partial charge in [-0.15, -0.1) is 0 Å². The van der Waals surface area contributed by atoms with Gasteiger partial charge in [-0.1, -0.05) is 66.5 Å². The van der Waals surface area contributed by atoms with Crippen LogP contribution in [0.2, 0.25) is 5.02 Å². The third kappa shape index (κ3) is 3.47. The number of hydrogen-bond acceptors (Lipinski definition) is 3. The molecule has 2 aromatic rings. The lowest BCUT2D eigenvalue weighted by Crippen LogP contribution is -2.49. The molecule has 1 amide bonds. The maximum atomic E-state index is 15.3. The molecule has 0 aliphatic carbocycles. The summed E-state index contributed by atoms with van der Waals surface area (Å²) < 4.78 is 16.0. The first-order valence-electron chi connectivity index (χ1n) is 10.0. The molecule has 1 spiro atoms. The quantitative estimate of drug-likeness (QED) is 0.539. The van der Waals surface area contributed by atoms with Gasteiger partial charge in [0.25, 0.3) is 0 Å². The largest absolute Gasteiger partial charge is 0.480 e. The molecule has 164 valence electrons. The summed E-state index contributed by atoms with van der Waals surface area (Å²) >= 11 is 9.49. The number of aliphatic carboxylic acids is 1. The summed E-state index contributed by atoms with van der Waals surface area (Å²) in [7, 11) is 0. The van der Waals surface area contributed by atoms with Crippen LogP contribution in [0.3, 0.4) is 0 Å². The van der Waals surface area contributed by atoms with Crippen LogP contribution in [0, 0.1) is 11.2 Å². The van der Waals surface area contributed by atoms with E-state index in [4.69, 9.17) is 11.6 Å². The highest BCUT2D eigenvalue weighted by atomic mass is 79.9. The molecule has 3 N–H and O–H groups in total. The Labute approximate surface area is 193 Å². The van der Waals surface area contributed by atoms with Crippen LogP contribution >= 0.6 is 27.5 Å². The van der Waals surface area contributed by atoms with Crippen LogP contribution in [0.5, 0.6) is 0 Å². The summed E-state index contributed by atoms with van der Waals surface area (Å²) in [5.74, 6) is -3.16. The second-order valence-electron chi connectivity index (χ2n) is 9.43. The number of halogens is 3. The Kier molecular flexibility index (Phi) is 5.43. The lowest BCUT2D eigenvalue weighted by atomic mass is 9.62. The van der Waals surface area contributed by atoms with Crippen molar-refractivity contribution >= 4 is 45.1 Å². The van der Waals surface area contributed by atoms with Crippen LogP contribution in [-0.4, -0.2) is 29.1 Å². The number of hydrogen-bond donors (Lipinski definition) is 3. The van der Waals surface area contributed by atoms with E-state index in [0.29, 0.717) is 17.7 Å². The van der Waals surface area contributed by atoms with Gasteiger partial charge >= 0.3 is 5.97 Å². The molecule has 4 atom stereocenters. The fourth-order valence-electron chi connectivity index (χ4n) is 5.14. The molecule has 8 heteroatoms. The van der Waals surface area contributed by atoms with Gasteiger partial charge < -0.3 is 10.4 Å². The van der Waals surface area contributed by atoms with Crippen molar-refractivity contribution in [1.82, 2.24) is 5.32 Å². The molecule has 2 aliphatic rings. The minimum Gasteiger partial charge on any atom is -0.480 e. The fraction of sp³-hybridized carbons (Fsp3) is 0.391. The van der Waals surface area contributed by atoms with E-state index in [0.717, 1.165) is 4.47 Å². The van der Waals surface area contributed by atoms with Crippen molar-refractivity contribution in [1.29, 1.82) is 0 Å². The monoisotopic (exact) mass is 508 g/mol. The first-order valence-corrected chi connectivity index (χ1v) is 11.2. The summed E-state index contributed by atoms with van der Waals surface area (Å²) in [5.41, 5.74) is -0.143. The van der Waals surface area contributed by atoms with Crippen molar-refractivity contribution in [3.63, 3.8) is 0 Å². The molecule has 1 saturated heterocycles. The van der Waals surface area contributed by atoms with Gasteiger partial charge in [0.2, 0.25) is 5.91 Å². The second-order valence-corrected chi connectivity index (χ2v) is 10.8. The maximum Gasteiger partial charge on any atom is 0.321 e. The van der Waals surface area contributed by atoms with Crippen LogP contribution in [-0.2, 0) is 15.0 Å². The first kappa shape index (κ1) is 22.2. The average molecular weight is 510 g/mol. The van der Waals surface area contributed by atoms with Gasteiger partial charge in [0.1, 0.15) is 17.3 Å². The van der Waals surface area contributed by atoms with Crippen molar-refractivity contribution in [3.05, 3.63) is 62.8 Å². The van der Waals surface area contributed by atoms with Crippen LogP contribution in [0.15, 0.2) is 40.9 Å². The number of nitrogens with one attached hydrogen (secondary N) is 2. The number of fused-ring (bicyclic) bond motifs is 2. The summed E-state index contributed by atoms with van der Waals surface area (Å²) in [6.07, 6.45) is 0.512. The van der Waals surface area contributed by atoms with Crippen LogP contribution < -0.4 is 10.6 Å². The minimum absolute atomic E-state index is 0.106. The number of carboxylic acids is 1. The van der Waals surface area contributed by atoms with E-state index < -0.39 is 35.2 Å². The standard InChI is InChI=1S/C23H23BrClFN2O3/c1-22(2,3)10-16-23(13-8-7-11(24)9-15(13)27-21(23)31)17(19(28-16)20(29)30)12-5-4-6-14(25)18(12)26/h4-9,16-17,19,28H,10H2,1-3H3,(H,27,31)(H,29,30)/t16-,17-,19+,23?/m0/s1. The normalized spacial score (nSPS) is 27.4. The molecule has 4 rings (SSSR count). The van der Waals surface area contributed by atoms with Crippen molar-refractivity contribution in [2.75, 3.05) is 5.32 Å². The van der Waals surface area contributed by atoms with E-state index in [1.165, 1.54) is 12.1 Å². The molecule has 2 aliphatic heterocycles. The summed E-state index contributed by atoms with van der Waals surface area (Å²) in [6, 6.07) is 8.24. The topological polar surface area (TPSA) is 78.4 Å². The predicted octanol–water partition coefficient (Wildman–Crippen LogP) is 5.08. The van der Waals surface area contributed by atoms with Gasteiger partial charge in [-0.25, -0.2) is 4.39 Å². The Morgan fingerprint density at radius 3 is 2.65 bits per heavy atom. The Morgan fingerprint density at radius 1 is 1.29 bits per heavy atom.